The monoisotopic (exact) mass is 134 g/mol. The first-order valence-corrected chi connectivity index (χ1v) is 3.57. The molecule has 0 aliphatic carbocycles. The molecular weight excluding hydrogens is 124 g/mol. The number of hydrogen-bond donors (Lipinski definition) is 1. The molecule has 0 saturated heterocycles. The average molecular weight is 134 g/mol. The molecule has 2 rings (SSSR count). The fraction of sp³-hybridized carbons (Fsp3) is 0.375. The summed E-state index contributed by atoms with van der Waals surface area (Å²) >= 11 is 0. The summed E-state index contributed by atoms with van der Waals surface area (Å²) in [6, 6.07) is 0. The van der Waals surface area contributed by atoms with E-state index < -0.39 is 0 Å². The second-order valence-corrected chi connectivity index (χ2v) is 2.56. The Bertz CT molecular complexity index is 179. The fourth-order valence-corrected chi connectivity index (χ4v) is 1.28. The molecule has 2 heterocycles. The van der Waals surface area contributed by atoms with Crippen molar-refractivity contribution in [1.82, 2.24) is 5.32 Å². The van der Waals surface area contributed by atoms with Gasteiger partial charge >= 0.3 is 0 Å². The van der Waals surface area contributed by atoms with Gasteiger partial charge in [0.25, 0.3) is 0 Å². The lowest BCUT2D eigenvalue weighted by Gasteiger charge is -2.18. The van der Waals surface area contributed by atoms with Crippen molar-refractivity contribution in [2.45, 2.75) is 12.8 Å². The molecule has 0 spiro atoms. The van der Waals surface area contributed by atoms with E-state index in [2.05, 4.69) is 16.4 Å². The van der Waals surface area contributed by atoms with Gasteiger partial charge in [-0.1, -0.05) is 6.08 Å². The molecule has 0 bridgehead atoms. The van der Waals surface area contributed by atoms with Gasteiger partial charge in [0.2, 0.25) is 0 Å². The first-order valence-electron chi connectivity index (χ1n) is 3.57. The molecule has 1 N–H and O–H groups in total. The average Bonchev–Trinajstić information content (AvgIpc) is 2.05. The minimum atomic E-state index is 0.847. The molecule has 0 amide bonds. The second-order valence-electron chi connectivity index (χ2n) is 2.56. The summed E-state index contributed by atoms with van der Waals surface area (Å²) in [5, 5.41) is 3.21. The number of dihydropyridines is 2. The van der Waals surface area contributed by atoms with Crippen molar-refractivity contribution in [3.05, 3.63) is 23.5 Å². The summed E-state index contributed by atoms with van der Waals surface area (Å²) in [6.07, 6.45) is 8.29. The van der Waals surface area contributed by atoms with E-state index in [1.807, 2.05) is 12.4 Å². The zero-order chi connectivity index (χ0) is 6.81. The van der Waals surface area contributed by atoms with E-state index in [1.54, 1.807) is 0 Å². The molecule has 0 unspecified atom stereocenters. The molecule has 0 aromatic rings. The molecule has 2 aliphatic heterocycles. The molecule has 10 heavy (non-hydrogen) atoms. The molecule has 0 atom stereocenters. The molecule has 0 radical (unpaired) electrons. The van der Waals surface area contributed by atoms with Crippen LogP contribution in [0.1, 0.15) is 12.8 Å². The van der Waals surface area contributed by atoms with Gasteiger partial charge in [0.1, 0.15) is 0 Å². The van der Waals surface area contributed by atoms with E-state index in [0.29, 0.717) is 0 Å². The summed E-state index contributed by atoms with van der Waals surface area (Å²) in [4.78, 5) is 4.18. The first-order chi connectivity index (χ1) is 4.97. The van der Waals surface area contributed by atoms with Crippen LogP contribution in [-0.2, 0) is 0 Å². The van der Waals surface area contributed by atoms with E-state index in [9.17, 15) is 0 Å². The third kappa shape index (κ3) is 0.856. The lowest BCUT2D eigenvalue weighted by atomic mass is 10.0. The predicted molar refractivity (Wildman–Crippen MR) is 41.9 cm³/mol. The van der Waals surface area contributed by atoms with Crippen molar-refractivity contribution in [3.8, 4) is 0 Å². The van der Waals surface area contributed by atoms with E-state index >= 15 is 0 Å². The van der Waals surface area contributed by atoms with Gasteiger partial charge in [-0.15, -0.1) is 0 Å². The van der Waals surface area contributed by atoms with E-state index in [1.165, 1.54) is 11.3 Å². The Balaban J connectivity index is 2.19. The highest BCUT2D eigenvalue weighted by atomic mass is 14.9. The summed E-state index contributed by atoms with van der Waals surface area (Å²) in [5.41, 5.74) is 2.81. The van der Waals surface area contributed by atoms with Crippen LogP contribution >= 0.6 is 0 Å². The molecule has 2 nitrogen and oxygen atoms in total. The second kappa shape index (κ2) is 2.29. The van der Waals surface area contributed by atoms with E-state index in [4.69, 9.17) is 0 Å². The van der Waals surface area contributed by atoms with Gasteiger partial charge in [0.05, 0.1) is 6.54 Å². The fourth-order valence-electron chi connectivity index (χ4n) is 1.28. The van der Waals surface area contributed by atoms with Gasteiger partial charge in [-0.2, -0.15) is 0 Å². The molecule has 52 valence electrons. The quantitative estimate of drug-likeness (QED) is 0.529. The van der Waals surface area contributed by atoms with Gasteiger partial charge in [0.15, 0.2) is 0 Å². The van der Waals surface area contributed by atoms with Crippen molar-refractivity contribution >= 4 is 6.21 Å². The summed E-state index contributed by atoms with van der Waals surface area (Å²) < 4.78 is 0. The van der Waals surface area contributed by atoms with Crippen LogP contribution in [0, 0.1) is 0 Å². The molecule has 0 saturated carbocycles. The molecule has 0 aromatic carbocycles. The van der Waals surface area contributed by atoms with Gasteiger partial charge in [-0.05, 0) is 18.2 Å². The van der Waals surface area contributed by atoms with Crippen LogP contribution in [-0.4, -0.2) is 12.8 Å². The highest BCUT2D eigenvalue weighted by Gasteiger charge is 2.09. The Morgan fingerprint density at radius 3 is 3.30 bits per heavy atom. The number of aliphatic imine (C=N–C) groups is 1. The smallest absolute Gasteiger partial charge is 0.0785 e. The molecule has 2 aliphatic rings. The highest BCUT2D eigenvalue weighted by molar-refractivity contribution is 5.64. The number of rotatable bonds is 0. The van der Waals surface area contributed by atoms with Gasteiger partial charge in [-0.3, -0.25) is 4.99 Å². The Hall–Kier alpha value is -1.05. The summed E-state index contributed by atoms with van der Waals surface area (Å²) in [5.74, 6) is 0. The Morgan fingerprint density at radius 2 is 2.40 bits per heavy atom. The zero-order valence-electron chi connectivity index (χ0n) is 5.80. The Kier molecular flexibility index (Phi) is 1.31. The van der Waals surface area contributed by atoms with Crippen LogP contribution in [0.4, 0.5) is 0 Å². The van der Waals surface area contributed by atoms with E-state index in [-0.39, 0.29) is 0 Å². The maximum atomic E-state index is 4.18. The van der Waals surface area contributed by atoms with Crippen LogP contribution in [0.2, 0.25) is 0 Å². The van der Waals surface area contributed by atoms with Crippen molar-refractivity contribution in [3.63, 3.8) is 0 Å². The SMILES string of the molecule is C1=CNC2=C(C1)CC=NC2. The van der Waals surface area contributed by atoms with Crippen LogP contribution in [0.3, 0.4) is 0 Å². The molecule has 0 aromatic heterocycles. The van der Waals surface area contributed by atoms with Gasteiger partial charge in [-0.25, -0.2) is 0 Å². The standard InChI is InChI=1S/C8H10N2/c1-2-7-3-5-9-6-8(7)10-4-1/h1,4-5,10H,2-3,6H2. The van der Waals surface area contributed by atoms with E-state index in [0.717, 1.165) is 19.4 Å². The van der Waals surface area contributed by atoms with Crippen LogP contribution in [0.5, 0.6) is 0 Å². The van der Waals surface area contributed by atoms with Gasteiger partial charge in [0, 0.05) is 18.3 Å². The van der Waals surface area contributed by atoms with Crippen molar-refractivity contribution in [1.29, 1.82) is 0 Å². The van der Waals surface area contributed by atoms with Crippen molar-refractivity contribution in [2.75, 3.05) is 6.54 Å². The number of allylic oxidation sites excluding steroid dienone is 2. The third-order valence-corrected chi connectivity index (χ3v) is 1.88. The summed E-state index contributed by atoms with van der Waals surface area (Å²) in [7, 11) is 0. The zero-order valence-corrected chi connectivity index (χ0v) is 5.80. The topological polar surface area (TPSA) is 24.4 Å². The van der Waals surface area contributed by atoms with Crippen LogP contribution < -0.4 is 5.32 Å². The van der Waals surface area contributed by atoms with Gasteiger partial charge < -0.3 is 5.32 Å². The number of hydrogen-bond acceptors (Lipinski definition) is 2. The summed E-state index contributed by atoms with van der Waals surface area (Å²) in [6.45, 7) is 0.847. The molecule has 0 fully saturated rings. The third-order valence-electron chi connectivity index (χ3n) is 1.88. The molecular formula is C8H10N2. The minimum absolute atomic E-state index is 0.847. The molecule has 2 heteroatoms. The first kappa shape index (κ1) is 5.71. The largest absolute Gasteiger partial charge is 0.364 e. The van der Waals surface area contributed by atoms with Crippen LogP contribution in [0.15, 0.2) is 28.5 Å². The predicted octanol–water partition coefficient (Wildman–Crippen LogP) is 1.22. The maximum absolute atomic E-state index is 4.18. The Morgan fingerprint density at radius 1 is 1.40 bits per heavy atom. The van der Waals surface area contributed by atoms with Crippen molar-refractivity contribution in [2.24, 2.45) is 4.99 Å². The van der Waals surface area contributed by atoms with Crippen LogP contribution in [0.25, 0.3) is 0 Å². The number of nitrogens with one attached hydrogen (secondary N) is 1. The van der Waals surface area contributed by atoms with Crippen molar-refractivity contribution < 1.29 is 0 Å². The lowest BCUT2D eigenvalue weighted by molar-refractivity contribution is 0.862. The normalized spacial score (nSPS) is 22.4. The lowest BCUT2D eigenvalue weighted by Crippen LogP contribution is -2.17. The highest BCUT2D eigenvalue weighted by Crippen LogP contribution is 2.17. The minimum Gasteiger partial charge on any atom is -0.364 e. The number of nitrogens with zero attached hydrogens (tertiary/aromatic N) is 1. The maximum Gasteiger partial charge on any atom is 0.0785 e. The Labute approximate surface area is 60.3 Å².